The van der Waals surface area contributed by atoms with E-state index in [1.165, 1.54) is 0 Å². The standard InChI is InChI=1S/C40H25N5O2.Pd.Pt/c1-26-8-5-18-41-38(26)28-10-3-12-30(22-28)46-32-14-16-34-35-17-15-33(25-37(35)45(36(34)24-32)40-43-20-7-21-44-40)47-31-13-4-11-29(23-31)39-27(2)9-6-19-42-39;;/h3-21H,1-2H3;;/q-4;2*+2. The summed E-state index contributed by atoms with van der Waals surface area (Å²) in [5.74, 6) is 2.65. The molecule has 0 bridgehead atoms. The number of rotatable bonds is 7. The summed E-state index contributed by atoms with van der Waals surface area (Å²) >= 11 is 0. The largest absolute Gasteiger partial charge is 2.00 e. The molecule has 7 nitrogen and oxygen atoms in total. The van der Waals surface area contributed by atoms with Crippen LogP contribution in [0.3, 0.4) is 0 Å². The van der Waals surface area contributed by atoms with E-state index >= 15 is 0 Å². The van der Waals surface area contributed by atoms with Crippen LogP contribution < -0.4 is 9.47 Å². The second kappa shape index (κ2) is 14.6. The predicted molar refractivity (Wildman–Crippen MR) is 181 cm³/mol. The molecule has 0 saturated carbocycles. The molecular formula is C40H25N5O2PdPt. The van der Waals surface area contributed by atoms with Crippen molar-refractivity contribution in [2.24, 2.45) is 0 Å². The molecule has 0 unspecified atom stereocenters. The first kappa shape index (κ1) is 33.9. The maximum Gasteiger partial charge on any atom is 2.00 e. The molecule has 0 aliphatic carbocycles. The monoisotopic (exact) mass is 908 g/mol. The van der Waals surface area contributed by atoms with Gasteiger partial charge in [0, 0.05) is 47.8 Å². The zero-order valence-corrected chi connectivity index (χ0v) is 30.0. The number of hydrogen-bond donors (Lipinski definition) is 0. The van der Waals surface area contributed by atoms with Crippen molar-refractivity contribution < 1.29 is 51.0 Å². The molecule has 0 radical (unpaired) electrons. The van der Waals surface area contributed by atoms with Gasteiger partial charge in [-0.25, -0.2) is 9.97 Å². The van der Waals surface area contributed by atoms with Gasteiger partial charge in [-0.05, 0) is 43.4 Å². The van der Waals surface area contributed by atoms with Crippen LogP contribution >= 0.6 is 0 Å². The molecule has 4 heterocycles. The summed E-state index contributed by atoms with van der Waals surface area (Å²) in [4.78, 5) is 18.2. The maximum absolute atomic E-state index is 6.30. The van der Waals surface area contributed by atoms with E-state index < -0.39 is 0 Å². The van der Waals surface area contributed by atoms with E-state index in [4.69, 9.17) is 9.47 Å². The molecule has 49 heavy (non-hydrogen) atoms. The first-order chi connectivity index (χ1) is 23.1. The van der Waals surface area contributed by atoms with Crippen molar-refractivity contribution in [1.29, 1.82) is 0 Å². The van der Waals surface area contributed by atoms with Gasteiger partial charge in [0.25, 0.3) is 0 Å². The Labute approximate surface area is 312 Å². The summed E-state index contributed by atoms with van der Waals surface area (Å²) in [6.07, 6.45) is 6.98. The van der Waals surface area contributed by atoms with Crippen molar-refractivity contribution in [1.82, 2.24) is 24.5 Å². The number of aromatic nitrogens is 5. The molecule has 0 atom stereocenters. The third-order valence-corrected chi connectivity index (χ3v) is 7.79. The minimum absolute atomic E-state index is 0. The summed E-state index contributed by atoms with van der Waals surface area (Å²) in [6, 6.07) is 42.7. The quantitative estimate of drug-likeness (QED) is 0.117. The van der Waals surface area contributed by atoms with Crippen LogP contribution in [-0.4, -0.2) is 24.5 Å². The number of ether oxygens (including phenoxy) is 2. The third kappa shape index (κ3) is 6.82. The van der Waals surface area contributed by atoms with Gasteiger partial charge < -0.3 is 24.0 Å². The number of aryl methyl sites for hydroxylation is 2. The molecule has 9 heteroatoms. The zero-order valence-electron chi connectivity index (χ0n) is 26.2. The van der Waals surface area contributed by atoms with E-state index in [0.29, 0.717) is 28.9 Å². The molecule has 0 fully saturated rings. The fourth-order valence-corrected chi connectivity index (χ4v) is 5.62. The molecule has 0 amide bonds. The summed E-state index contributed by atoms with van der Waals surface area (Å²) in [6.45, 7) is 4.06. The van der Waals surface area contributed by atoms with Gasteiger partial charge in [-0.2, -0.15) is 22.9 Å². The van der Waals surface area contributed by atoms with Crippen molar-refractivity contribution in [2.75, 3.05) is 0 Å². The summed E-state index contributed by atoms with van der Waals surface area (Å²) in [5, 5.41) is 1.90. The second-order valence-corrected chi connectivity index (χ2v) is 11.0. The number of fused-ring (bicyclic) bond motifs is 3. The van der Waals surface area contributed by atoms with Crippen LogP contribution in [-0.2, 0) is 41.5 Å². The van der Waals surface area contributed by atoms with Crippen molar-refractivity contribution in [3.8, 4) is 51.5 Å². The summed E-state index contributed by atoms with van der Waals surface area (Å²) < 4.78 is 14.5. The van der Waals surface area contributed by atoms with Gasteiger partial charge in [0.2, 0.25) is 5.95 Å². The zero-order chi connectivity index (χ0) is 31.7. The van der Waals surface area contributed by atoms with Gasteiger partial charge in [0.05, 0.1) is 0 Å². The van der Waals surface area contributed by atoms with E-state index in [0.717, 1.165) is 55.4 Å². The third-order valence-electron chi connectivity index (χ3n) is 7.79. The van der Waals surface area contributed by atoms with E-state index in [2.05, 4.69) is 44.2 Å². The van der Waals surface area contributed by atoms with Crippen molar-refractivity contribution >= 4 is 21.8 Å². The van der Waals surface area contributed by atoms with Crippen LogP contribution in [0.15, 0.2) is 116 Å². The Hall–Kier alpha value is -4.99. The fourth-order valence-electron chi connectivity index (χ4n) is 5.62. The molecule has 0 aliphatic heterocycles. The van der Waals surface area contributed by atoms with Gasteiger partial charge in [-0.15, -0.1) is 71.8 Å². The fraction of sp³-hybridized carbons (Fsp3) is 0.0500. The number of pyridine rings is 2. The van der Waals surface area contributed by atoms with Crippen LogP contribution in [0.25, 0.3) is 50.3 Å². The Bertz CT molecular complexity index is 2270. The Balaban J connectivity index is 0.00000208. The Morgan fingerprint density at radius 2 is 0.939 bits per heavy atom. The molecule has 8 rings (SSSR count). The first-order valence-electron chi connectivity index (χ1n) is 15.1. The predicted octanol–water partition coefficient (Wildman–Crippen LogP) is 9.09. The minimum Gasteiger partial charge on any atom is -0.503 e. The van der Waals surface area contributed by atoms with E-state index in [1.54, 1.807) is 30.9 Å². The molecular weight excluding hydrogens is 884 g/mol. The maximum atomic E-state index is 6.30. The van der Waals surface area contributed by atoms with Gasteiger partial charge in [-0.3, -0.25) is 0 Å². The average Bonchev–Trinajstić information content (AvgIpc) is 3.42. The van der Waals surface area contributed by atoms with Gasteiger partial charge in [0.15, 0.2) is 0 Å². The van der Waals surface area contributed by atoms with E-state index in [1.807, 2.05) is 103 Å². The van der Waals surface area contributed by atoms with Gasteiger partial charge in [-0.1, -0.05) is 46.4 Å². The molecule has 4 aromatic heterocycles. The Morgan fingerprint density at radius 1 is 0.490 bits per heavy atom. The summed E-state index contributed by atoms with van der Waals surface area (Å²) in [5.41, 5.74) is 7.06. The van der Waals surface area contributed by atoms with Crippen LogP contribution in [0, 0.1) is 38.1 Å². The molecule has 0 N–H and O–H groups in total. The topological polar surface area (TPSA) is 75.0 Å². The number of hydrogen-bond acceptors (Lipinski definition) is 6. The molecule has 8 aromatic rings. The van der Waals surface area contributed by atoms with E-state index in [9.17, 15) is 0 Å². The van der Waals surface area contributed by atoms with Crippen molar-refractivity contribution in [3.63, 3.8) is 0 Å². The van der Waals surface area contributed by atoms with Crippen molar-refractivity contribution in [3.05, 3.63) is 151 Å². The van der Waals surface area contributed by atoms with Gasteiger partial charge in [0.1, 0.15) is 0 Å². The summed E-state index contributed by atoms with van der Waals surface area (Å²) in [7, 11) is 0. The van der Waals surface area contributed by atoms with E-state index in [-0.39, 0.29) is 41.5 Å². The normalized spacial score (nSPS) is 10.7. The van der Waals surface area contributed by atoms with Crippen molar-refractivity contribution in [2.45, 2.75) is 13.8 Å². The second-order valence-electron chi connectivity index (χ2n) is 11.0. The smallest absolute Gasteiger partial charge is 0.503 e. The number of nitrogens with zero attached hydrogens (tertiary/aromatic N) is 5. The minimum atomic E-state index is 0. The molecule has 0 aliphatic rings. The van der Waals surface area contributed by atoms with Crippen LogP contribution in [0.4, 0.5) is 0 Å². The Kier molecular flexibility index (Phi) is 10.1. The molecule has 242 valence electrons. The molecule has 0 saturated heterocycles. The van der Waals surface area contributed by atoms with Crippen LogP contribution in [0.2, 0.25) is 0 Å². The van der Waals surface area contributed by atoms with Gasteiger partial charge >= 0.3 is 41.5 Å². The first-order valence-corrected chi connectivity index (χ1v) is 15.1. The molecule has 4 aromatic carbocycles. The Morgan fingerprint density at radius 3 is 1.41 bits per heavy atom. The average molecular weight is 909 g/mol. The van der Waals surface area contributed by atoms with Crippen LogP contribution in [0.1, 0.15) is 11.1 Å². The molecule has 0 spiro atoms. The number of benzene rings is 4. The van der Waals surface area contributed by atoms with Crippen LogP contribution in [0.5, 0.6) is 23.0 Å². The SMILES string of the molecule is Cc1cccnc1-c1[c-]c(Oc2[c-]c3c(cc2)c2ccc(Oc4[c-]c(-c5ncccc5C)ccc4)[c-]c2n3-c2ncccn2)ccc1.[Pd+2].[Pt+2].